The van der Waals surface area contributed by atoms with Gasteiger partial charge in [0.25, 0.3) is 5.91 Å². The Morgan fingerprint density at radius 2 is 2.21 bits per heavy atom. The molecule has 0 atom stereocenters. The van der Waals surface area contributed by atoms with Gasteiger partial charge < -0.3 is 10.0 Å². The Hall–Kier alpha value is -1.86. The maximum Gasteiger partial charge on any atom is 0.254 e. The molecule has 19 heavy (non-hydrogen) atoms. The second-order valence-electron chi connectivity index (χ2n) is 4.19. The predicted octanol–water partition coefficient (Wildman–Crippen LogP) is 2.04. The zero-order chi connectivity index (χ0) is 14.3. The molecule has 1 aromatic carbocycles. The Morgan fingerprint density at radius 3 is 2.84 bits per heavy atom. The number of amides is 1. The normalized spacial score (nSPS) is 9.68. The van der Waals surface area contributed by atoms with Crippen LogP contribution in [0.25, 0.3) is 0 Å². The highest BCUT2D eigenvalue weighted by Gasteiger charge is 2.14. The van der Waals surface area contributed by atoms with Crippen molar-refractivity contribution in [3.05, 3.63) is 35.1 Å². The van der Waals surface area contributed by atoms with E-state index in [0.29, 0.717) is 24.1 Å². The summed E-state index contributed by atoms with van der Waals surface area (Å²) in [5.41, 5.74) is 0.754. The summed E-state index contributed by atoms with van der Waals surface area (Å²) in [6, 6.07) is 3.95. The fourth-order valence-corrected chi connectivity index (χ4v) is 1.66. The molecular weight excluding hydrogens is 245 g/mol. The monoisotopic (exact) mass is 263 g/mol. The molecule has 4 heteroatoms. The fourth-order valence-electron chi connectivity index (χ4n) is 1.66. The lowest BCUT2D eigenvalue weighted by Gasteiger charge is -2.17. The first-order chi connectivity index (χ1) is 9.10. The SMILES string of the molecule is CCCN(C)C(=O)c1ccc(F)cc1C#CCCO. The highest BCUT2D eigenvalue weighted by Crippen LogP contribution is 2.13. The highest BCUT2D eigenvalue weighted by molar-refractivity contribution is 5.96. The lowest BCUT2D eigenvalue weighted by atomic mass is 10.1. The van der Waals surface area contributed by atoms with Crippen LogP contribution in [0.1, 0.15) is 35.7 Å². The summed E-state index contributed by atoms with van der Waals surface area (Å²) in [4.78, 5) is 13.8. The summed E-state index contributed by atoms with van der Waals surface area (Å²) in [5.74, 6) is 4.84. The molecule has 102 valence electrons. The lowest BCUT2D eigenvalue weighted by molar-refractivity contribution is 0.0795. The van der Waals surface area contributed by atoms with Crippen molar-refractivity contribution < 1.29 is 14.3 Å². The molecule has 1 amide bonds. The van der Waals surface area contributed by atoms with Crippen molar-refractivity contribution in [2.45, 2.75) is 19.8 Å². The largest absolute Gasteiger partial charge is 0.395 e. The van der Waals surface area contributed by atoms with Crippen LogP contribution >= 0.6 is 0 Å². The number of halogens is 1. The van der Waals surface area contributed by atoms with Crippen molar-refractivity contribution in [2.75, 3.05) is 20.2 Å². The maximum atomic E-state index is 13.2. The first-order valence-electron chi connectivity index (χ1n) is 6.25. The van der Waals surface area contributed by atoms with Crippen molar-refractivity contribution in [1.29, 1.82) is 0 Å². The van der Waals surface area contributed by atoms with E-state index in [1.165, 1.54) is 18.2 Å². The summed E-state index contributed by atoms with van der Waals surface area (Å²) < 4.78 is 13.2. The van der Waals surface area contributed by atoms with Crippen molar-refractivity contribution in [3.8, 4) is 11.8 Å². The van der Waals surface area contributed by atoms with E-state index in [1.54, 1.807) is 11.9 Å². The zero-order valence-corrected chi connectivity index (χ0v) is 11.2. The van der Waals surface area contributed by atoms with Crippen LogP contribution in [-0.2, 0) is 0 Å². The molecule has 0 aromatic heterocycles. The third-order valence-corrected chi connectivity index (χ3v) is 2.58. The molecule has 3 nitrogen and oxygen atoms in total. The third-order valence-electron chi connectivity index (χ3n) is 2.58. The minimum absolute atomic E-state index is 0.0542. The Labute approximate surface area is 113 Å². The first kappa shape index (κ1) is 15.2. The van der Waals surface area contributed by atoms with Gasteiger partial charge in [-0.25, -0.2) is 4.39 Å². The van der Waals surface area contributed by atoms with E-state index in [-0.39, 0.29) is 12.5 Å². The average Bonchev–Trinajstić information content (AvgIpc) is 2.39. The molecule has 0 fully saturated rings. The third kappa shape index (κ3) is 4.38. The van der Waals surface area contributed by atoms with E-state index in [0.717, 1.165) is 6.42 Å². The molecule has 0 aliphatic rings. The van der Waals surface area contributed by atoms with Crippen molar-refractivity contribution >= 4 is 5.91 Å². The van der Waals surface area contributed by atoms with E-state index >= 15 is 0 Å². The van der Waals surface area contributed by atoms with E-state index in [9.17, 15) is 9.18 Å². The second-order valence-corrected chi connectivity index (χ2v) is 4.19. The van der Waals surface area contributed by atoms with Gasteiger partial charge in [-0.15, -0.1) is 0 Å². The number of rotatable bonds is 4. The summed E-state index contributed by atoms with van der Waals surface area (Å²) in [6.45, 7) is 2.57. The van der Waals surface area contributed by atoms with Gasteiger partial charge in [-0.2, -0.15) is 0 Å². The van der Waals surface area contributed by atoms with Gasteiger partial charge in [0.15, 0.2) is 0 Å². The van der Waals surface area contributed by atoms with Crippen LogP contribution in [-0.4, -0.2) is 36.1 Å². The summed E-state index contributed by atoms with van der Waals surface area (Å²) >= 11 is 0. The Balaban J connectivity index is 3.06. The summed E-state index contributed by atoms with van der Waals surface area (Å²) in [6.07, 6.45) is 1.16. The van der Waals surface area contributed by atoms with E-state index in [1.807, 2.05) is 6.92 Å². The van der Waals surface area contributed by atoms with Crippen LogP contribution in [0.15, 0.2) is 18.2 Å². The van der Waals surface area contributed by atoms with Crippen LogP contribution in [0.4, 0.5) is 4.39 Å². The Morgan fingerprint density at radius 1 is 1.47 bits per heavy atom. The first-order valence-corrected chi connectivity index (χ1v) is 6.25. The van der Waals surface area contributed by atoms with Gasteiger partial charge >= 0.3 is 0 Å². The molecule has 0 spiro atoms. The molecule has 0 heterocycles. The second kappa shape index (κ2) is 7.55. The van der Waals surface area contributed by atoms with Crippen molar-refractivity contribution in [3.63, 3.8) is 0 Å². The Bertz CT molecular complexity index is 503. The van der Waals surface area contributed by atoms with Crippen LogP contribution < -0.4 is 0 Å². The number of aliphatic hydroxyl groups is 1. The predicted molar refractivity (Wildman–Crippen MR) is 72.2 cm³/mol. The fraction of sp³-hybridized carbons (Fsp3) is 0.400. The molecule has 0 saturated carbocycles. The summed E-state index contributed by atoms with van der Waals surface area (Å²) in [5, 5.41) is 8.68. The van der Waals surface area contributed by atoms with Crippen molar-refractivity contribution in [1.82, 2.24) is 4.90 Å². The molecule has 1 rings (SSSR count). The van der Waals surface area contributed by atoms with Crippen LogP contribution in [0.5, 0.6) is 0 Å². The molecular formula is C15H18FNO2. The highest BCUT2D eigenvalue weighted by atomic mass is 19.1. The molecule has 0 saturated heterocycles. The van der Waals surface area contributed by atoms with Crippen molar-refractivity contribution in [2.24, 2.45) is 0 Å². The molecule has 0 aliphatic carbocycles. The van der Waals surface area contributed by atoms with E-state index < -0.39 is 5.82 Å². The van der Waals surface area contributed by atoms with Crippen LogP contribution in [0.2, 0.25) is 0 Å². The van der Waals surface area contributed by atoms with Crippen LogP contribution in [0, 0.1) is 17.7 Å². The molecule has 0 radical (unpaired) electrons. The number of aliphatic hydroxyl groups excluding tert-OH is 1. The van der Waals surface area contributed by atoms with Crippen LogP contribution in [0.3, 0.4) is 0 Å². The minimum atomic E-state index is -0.428. The van der Waals surface area contributed by atoms with Gasteiger partial charge in [-0.1, -0.05) is 18.8 Å². The smallest absolute Gasteiger partial charge is 0.254 e. The number of hydrogen-bond donors (Lipinski definition) is 1. The molecule has 0 bridgehead atoms. The minimum Gasteiger partial charge on any atom is -0.395 e. The lowest BCUT2D eigenvalue weighted by Crippen LogP contribution is -2.28. The Kier molecular flexibility index (Phi) is 6.04. The number of hydrogen-bond acceptors (Lipinski definition) is 2. The quantitative estimate of drug-likeness (QED) is 0.845. The van der Waals surface area contributed by atoms with Gasteiger partial charge in [0, 0.05) is 25.6 Å². The number of carbonyl (C=O) groups excluding carboxylic acids is 1. The molecule has 0 aliphatic heterocycles. The van der Waals surface area contributed by atoms with E-state index in [4.69, 9.17) is 5.11 Å². The zero-order valence-electron chi connectivity index (χ0n) is 11.2. The number of nitrogens with zero attached hydrogens (tertiary/aromatic N) is 1. The van der Waals surface area contributed by atoms with Gasteiger partial charge in [-0.05, 0) is 24.6 Å². The maximum absolute atomic E-state index is 13.2. The topological polar surface area (TPSA) is 40.5 Å². The van der Waals surface area contributed by atoms with Gasteiger partial charge in [0.1, 0.15) is 5.82 Å². The molecule has 1 aromatic rings. The molecule has 1 N–H and O–H groups in total. The number of benzene rings is 1. The summed E-state index contributed by atoms with van der Waals surface area (Å²) in [7, 11) is 1.71. The number of carbonyl (C=O) groups is 1. The standard InChI is InChI=1S/C15H18FNO2/c1-3-9-17(2)15(19)14-8-7-13(16)11-12(14)6-4-5-10-18/h7-8,11,18H,3,5,9-10H2,1-2H3. The van der Waals surface area contributed by atoms with E-state index in [2.05, 4.69) is 11.8 Å². The van der Waals surface area contributed by atoms with Gasteiger partial charge in [0.05, 0.1) is 12.2 Å². The van der Waals surface area contributed by atoms with Gasteiger partial charge in [0.2, 0.25) is 0 Å². The average molecular weight is 263 g/mol. The van der Waals surface area contributed by atoms with Gasteiger partial charge in [-0.3, -0.25) is 4.79 Å². The molecule has 0 unspecified atom stereocenters.